The molecule has 32 heavy (non-hydrogen) atoms. The van der Waals surface area contributed by atoms with Crippen LogP contribution in [-0.2, 0) is 0 Å². The molecule has 2 aromatic carbocycles. The standard InChI is InChI=1S/C21H19FN4O5.ClH/c1-23-7-9-24(10-8-23)18-16(22)11-14-17(19(18)26(30)31)25(13-5-3-2-4-6-13)12-15(20(14)27)21(28)29;/h2-6,11-12H,7-10H2,1H3,(H,28,29);1H. The van der Waals surface area contributed by atoms with E-state index in [1.54, 1.807) is 35.2 Å². The fourth-order valence-corrected chi connectivity index (χ4v) is 3.88. The number of carbonyl (C=O) groups is 1. The maximum Gasteiger partial charge on any atom is 0.341 e. The van der Waals surface area contributed by atoms with Gasteiger partial charge in [-0.1, -0.05) is 18.2 Å². The Labute approximate surface area is 187 Å². The minimum absolute atomic E-state index is 0. The number of aromatic nitrogens is 1. The molecule has 11 heteroatoms. The summed E-state index contributed by atoms with van der Waals surface area (Å²) in [6.07, 6.45) is 1.06. The molecule has 1 fully saturated rings. The van der Waals surface area contributed by atoms with Gasteiger partial charge in [0.25, 0.3) is 0 Å². The van der Waals surface area contributed by atoms with Gasteiger partial charge in [0.2, 0.25) is 5.43 Å². The van der Waals surface area contributed by atoms with Gasteiger partial charge in [-0.2, -0.15) is 0 Å². The molecule has 1 aromatic heterocycles. The van der Waals surface area contributed by atoms with Crippen molar-refractivity contribution < 1.29 is 19.2 Å². The van der Waals surface area contributed by atoms with Crippen LogP contribution in [0.2, 0.25) is 0 Å². The minimum atomic E-state index is -1.50. The fraction of sp³-hybridized carbons (Fsp3) is 0.238. The van der Waals surface area contributed by atoms with Gasteiger partial charge < -0.3 is 19.5 Å². The maximum atomic E-state index is 15.2. The molecule has 0 unspecified atom stereocenters. The predicted octanol–water partition coefficient (Wildman–Crippen LogP) is 2.91. The maximum absolute atomic E-state index is 15.2. The van der Waals surface area contributed by atoms with Crippen LogP contribution in [-0.4, -0.2) is 58.7 Å². The van der Waals surface area contributed by atoms with Crippen LogP contribution in [0.15, 0.2) is 47.4 Å². The molecular weight excluding hydrogens is 443 g/mol. The lowest BCUT2D eigenvalue weighted by atomic mass is 10.1. The number of hydrogen-bond acceptors (Lipinski definition) is 6. The van der Waals surface area contributed by atoms with Gasteiger partial charge in [0.1, 0.15) is 11.1 Å². The first kappa shape index (κ1) is 23.2. The number of carboxylic acids is 1. The highest BCUT2D eigenvalue weighted by Gasteiger charge is 2.32. The highest BCUT2D eigenvalue weighted by atomic mass is 35.5. The van der Waals surface area contributed by atoms with E-state index in [1.807, 2.05) is 11.9 Å². The van der Waals surface area contributed by atoms with E-state index in [0.717, 1.165) is 12.3 Å². The Morgan fingerprint density at radius 1 is 1.16 bits per heavy atom. The number of fused-ring (bicyclic) bond motifs is 1. The number of aromatic carboxylic acids is 1. The number of piperazine rings is 1. The van der Waals surface area contributed by atoms with Crippen molar-refractivity contribution in [2.75, 3.05) is 38.1 Å². The molecule has 1 aliphatic heterocycles. The number of nitro groups is 1. The molecule has 0 aliphatic carbocycles. The van der Waals surface area contributed by atoms with Crippen LogP contribution in [0.25, 0.3) is 16.6 Å². The Morgan fingerprint density at radius 3 is 2.34 bits per heavy atom. The molecule has 0 bridgehead atoms. The van der Waals surface area contributed by atoms with E-state index in [9.17, 15) is 24.8 Å². The molecule has 4 rings (SSSR count). The van der Waals surface area contributed by atoms with Gasteiger partial charge in [0.05, 0.1) is 10.3 Å². The molecule has 0 atom stereocenters. The Morgan fingerprint density at radius 2 is 1.78 bits per heavy atom. The zero-order chi connectivity index (χ0) is 22.3. The van der Waals surface area contributed by atoms with Gasteiger partial charge >= 0.3 is 11.7 Å². The van der Waals surface area contributed by atoms with Crippen molar-refractivity contribution in [2.45, 2.75) is 0 Å². The van der Waals surface area contributed by atoms with E-state index in [1.165, 1.54) is 4.57 Å². The Hall–Kier alpha value is -3.50. The summed E-state index contributed by atoms with van der Waals surface area (Å²) in [5, 5.41) is 21.3. The quantitative estimate of drug-likeness (QED) is 0.469. The second-order valence-corrected chi connectivity index (χ2v) is 7.38. The number of nitrogens with zero attached hydrogens (tertiary/aromatic N) is 4. The van der Waals surface area contributed by atoms with E-state index >= 15 is 4.39 Å². The number of likely N-dealkylation sites (N-methyl/N-ethyl adjacent to an activating group) is 1. The van der Waals surface area contributed by atoms with Crippen molar-refractivity contribution in [3.8, 4) is 5.69 Å². The minimum Gasteiger partial charge on any atom is -0.477 e. The van der Waals surface area contributed by atoms with Crippen LogP contribution in [0.4, 0.5) is 15.8 Å². The summed E-state index contributed by atoms with van der Waals surface area (Å²) in [7, 11) is 1.91. The van der Waals surface area contributed by atoms with E-state index in [0.29, 0.717) is 31.9 Å². The number of benzene rings is 2. The largest absolute Gasteiger partial charge is 0.477 e. The number of pyridine rings is 1. The van der Waals surface area contributed by atoms with E-state index in [-0.39, 0.29) is 29.0 Å². The van der Waals surface area contributed by atoms with Gasteiger partial charge in [-0.05, 0) is 25.2 Å². The summed E-state index contributed by atoms with van der Waals surface area (Å²) in [5.74, 6) is -2.43. The predicted molar refractivity (Wildman–Crippen MR) is 120 cm³/mol. The van der Waals surface area contributed by atoms with Crippen molar-refractivity contribution >= 4 is 40.7 Å². The van der Waals surface area contributed by atoms with Crippen LogP contribution >= 0.6 is 12.4 Å². The van der Waals surface area contributed by atoms with Crippen molar-refractivity contribution in [3.63, 3.8) is 0 Å². The third-order valence-corrected chi connectivity index (χ3v) is 5.46. The van der Waals surface area contributed by atoms with Gasteiger partial charge in [-0.15, -0.1) is 12.4 Å². The summed E-state index contributed by atoms with van der Waals surface area (Å²) in [4.78, 5) is 39.5. The van der Waals surface area contributed by atoms with Crippen LogP contribution in [0, 0.1) is 15.9 Å². The SMILES string of the molecule is CN1CCN(c2c(F)cc3c(=O)c(C(=O)O)cn(-c4ccccc4)c3c2[N+](=O)[O-])CC1.Cl. The molecule has 3 aromatic rings. The summed E-state index contributed by atoms with van der Waals surface area (Å²) < 4.78 is 16.5. The molecule has 0 spiro atoms. The van der Waals surface area contributed by atoms with Crippen molar-refractivity contribution in [1.82, 2.24) is 9.47 Å². The van der Waals surface area contributed by atoms with Gasteiger partial charge in [-0.3, -0.25) is 14.9 Å². The highest BCUT2D eigenvalue weighted by Crippen LogP contribution is 2.39. The van der Waals surface area contributed by atoms with Crippen LogP contribution < -0.4 is 10.3 Å². The van der Waals surface area contributed by atoms with E-state index < -0.39 is 33.4 Å². The third kappa shape index (κ3) is 3.90. The number of anilines is 1. The number of halogens is 2. The van der Waals surface area contributed by atoms with E-state index in [2.05, 4.69) is 0 Å². The monoisotopic (exact) mass is 462 g/mol. The second-order valence-electron chi connectivity index (χ2n) is 7.38. The zero-order valence-electron chi connectivity index (χ0n) is 17.0. The molecule has 2 heterocycles. The number of para-hydroxylation sites is 1. The molecule has 0 saturated carbocycles. The van der Waals surface area contributed by atoms with Crippen LogP contribution in [0.1, 0.15) is 10.4 Å². The van der Waals surface area contributed by atoms with Gasteiger partial charge in [-0.25, -0.2) is 9.18 Å². The first-order valence-corrected chi connectivity index (χ1v) is 9.58. The number of rotatable bonds is 4. The Balaban J connectivity index is 0.00000289. The summed E-state index contributed by atoms with van der Waals surface area (Å²) in [6, 6.07) is 9.24. The number of hydrogen-bond donors (Lipinski definition) is 1. The number of nitro benzene ring substituents is 1. The van der Waals surface area contributed by atoms with Gasteiger partial charge in [0, 0.05) is 38.1 Å². The average Bonchev–Trinajstić information content (AvgIpc) is 2.74. The summed E-state index contributed by atoms with van der Waals surface area (Å²) in [6.45, 7) is 1.95. The molecule has 0 amide bonds. The van der Waals surface area contributed by atoms with Crippen LogP contribution in [0.5, 0.6) is 0 Å². The number of carboxylic acid groups (broad SMARTS) is 1. The van der Waals surface area contributed by atoms with Crippen molar-refractivity contribution in [3.05, 3.63) is 74.3 Å². The van der Waals surface area contributed by atoms with Gasteiger partial charge in [0.15, 0.2) is 11.5 Å². The molecule has 0 radical (unpaired) electrons. The second kappa shape index (κ2) is 8.93. The van der Waals surface area contributed by atoms with E-state index in [4.69, 9.17) is 0 Å². The highest BCUT2D eigenvalue weighted by molar-refractivity contribution is 5.99. The molecule has 1 saturated heterocycles. The molecule has 1 N–H and O–H groups in total. The lowest BCUT2D eigenvalue weighted by molar-refractivity contribution is -0.382. The first-order valence-electron chi connectivity index (χ1n) is 9.58. The molecule has 168 valence electrons. The third-order valence-electron chi connectivity index (χ3n) is 5.46. The molecule has 9 nitrogen and oxygen atoms in total. The molecule has 1 aliphatic rings. The van der Waals surface area contributed by atoms with Crippen molar-refractivity contribution in [1.29, 1.82) is 0 Å². The van der Waals surface area contributed by atoms with Crippen molar-refractivity contribution in [2.24, 2.45) is 0 Å². The zero-order valence-corrected chi connectivity index (χ0v) is 17.8. The lowest BCUT2D eigenvalue weighted by Gasteiger charge is -2.34. The normalized spacial score (nSPS) is 14.2. The first-order chi connectivity index (χ1) is 14.8. The summed E-state index contributed by atoms with van der Waals surface area (Å²) >= 11 is 0. The fourth-order valence-electron chi connectivity index (χ4n) is 3.88. The topological polar surface area (TPSA) is 109 Å². The molecular formula is C21H20ClFN4O5. The average molecular weight is 463 g/mol. The Bertz CT molecular complexity index is 1260. The smallest absolute Gasteiger partial charge is 0.341 e. The Kier molecular flexibility index (Phi) is 6.47. The lowest BCUT2D eigenvalue weighted by Crippen LogP contribution is -2.45. The summed E-state index contributed by atoms with van der Waals surface area (Å²) in [5.41, 5.74) is -2.05. The van der Waals surface area contributed by atoms with Crippen LogP contribution in [0.3, 0.4) is 0 Å².